The van der Waals surface area contributed by atoms with Crippen LogP contribution in [0.25, 0.3) is 0 Å². The molecular formula is C13H22Cl2N2S. The number of hydrogen-bond acceptors (Lipinski definition) is 3. The molecule has 18 heavy (non-hydrogen) atoms. The van der Waals surface area contributed by atoms with Crippen LogP contribution in [0.1, 0.15) is 30.9 Å². The van der Waals surface area contributed by atoms with Gasteiger partial charge in [-0.1, -0.05) is 12.8 Å². The summed E-state index contributed by atoms with van der Waals surface area (Å²) < 4.78 is 0. The molecule has 2 nitrogen and oxygen atoms in total. The van der Waals surface area contributed by atoms with Crippen LogP contribution in [0.15, 0.2) is 16.8 Å². The third kappa shape index (κ3) is 4.10. The molecule has 2 heterocycles. The van der Waals surface area contributed by atoms with Crippen molar-refractivity contribution in [3.8, 4) is 0 Å². The molecule has 0 spiro atoms. The van der Waals surface area contributed by atoms with Gasteiger partial charge in [0.05, 0.1) is 0 Å². The summed E-state index contributed by atoms with van der Waals surface area (Å²) in [5, 5.41) is 8.01. The first-order valence-electron chi connectivity index (χ1n) is 6.40. The van der Waals surface area contributed by atoms with Crippen molar-refractivity contribution in [2.45, 2.75) is 25.3 Å². The zero-order valence-corrected chi connectivity index (χ0v) is 13.0. The lowest BCUT2D eigenvalue weighted by Gasteiger charge is -2.35. The van der Waals surface area contributed by atoms with Crippen LogP contribution in [-0.4, -0.2) is 31.1 Å². The lowest BCUT2D eigenvalue weighted by Crippen LogP contribution is -2.45. The van der Waals surface area contributed by atoms with E-state index in [1.165, 1.54) is 32.4 Å². The highest BCUT2D eigenvalue weighted by atomic mass is 35.5. The van der Waals surface area contributed by atoms with Gasteiger partial charge in [0.2, 0.25) is 0 Å². The predicted octanol–water partition coefficient (Wildman–Crippen LogP) is 3.34. The Balaban J connectivity index is 0.000000810. The SMILES string of the molecule is Cl.Cl.c1cc([C@@H](CC2CC2)N2CCNCC2)cs1. The fraction of sp³-hybridized carbons (Fsp3) is 0.692. The molecule has 1 aromatic heterocycles. The Bertz CT molecular complexity index is 322. The molecular weight excluding hydrogens is 287 g/mol. The zero-order valence-electron chi connectivity index (χ0n) is 10.5. The van der Waals surface area contributed by atoms with Crippen molar-refractivity contribution in [1.82, 2.24) is 10.2 Å². The van der Waals surface area contributed by atoms with E-state index in [1.807, 2.05) is 11.3 Å². The molecule has 1 saturated carbocycles. The summed E-state index contributed by atoms with van der Waals surface area (Å²) in [4.78, 5) is 2.68. The standard InChI is InChI=1S/C13H20N2S.2ClH/c1-2-11(1)9-13(12-3-8-16-10-12)15-6-4-14-5-7-15;;/h3,8,10-11,13-14H,1-2,4-7,9H2;2*1H/t13-;;/m1../s1. The number of nitrogens with one attached hydrogen (secondary N) is 1. The van der Waals surface area contributed by atoms with E-state index in [9.17, 15) is 0 Å². The lowest BCUT2D eigenvalue weighted by atomic mass is 10.0. The highest BCUT2D eigenvalue weighted by Crippen LogP contribution is 2.40. The Kier molecular flexibility index (Phi) is 6.96. The number of nitrogens with zero attached hydrogens (tertiary/aromatic N) is 1. The van der Waals surface area contributed by atoms with E-state index in [2.05, 4.69) is 27.0 Å². The second kappa shape index (κ2) is 7.71. The zero-order chi connectivity index (χ0) is 10.8. The van der Waals surface area contributed by atoms with Gasteiger partial charge in [0.25, 0.3) is 0 Å². The minimum absolute atomic E-state index is 0. The third-order valence-corrected chi connectivity index (χ3v) is 4.48. The fourth-order valence-electron chi connectivity index (χ4n) is 2.62. The number of piperazine rings is 1. The predicted molar refractivity (Wildman–Crippen MR) is 83.3 cm³/mol. The van der Waals surface area contributed by atoms with Gasteiger partial charge in [0.15, 0.2) is 0 Å². The topological polar surface area (TPSA) is 15.3 Å². The van der Waals surface area contributed by atoms with Crippen molar-refractivity contribution in [3.05, 3.63) is 22.4 Å². The maximum Gasteiger partial charge on any atom is 0.0360 e. The molecule has 0 bridgehead atoms. The second-order valence-electron chi connectivity index (χ2n) is 5.04. The molecule has 3 rings (SSSR count). The highest BCUT2D eigenvalue weighted by Gasteiger charge is 2.30. The molecule has 0 amide bonds. The van der Waals surface area contributed by atoms with E-state index in [-0.39, 0.29) is 24.8 Å². The Labute approximate surface area is 126 Å². The first-order chi connectivity index (χ1) is 7.93. The minimum atomic E-state index is 0. The Morgan fingerprint density at radius 3 is 2.56 bits per heavy atom. The minimum Gasteiger partial charge on any atom is -0.314 e. The molecule has 1 atom stereocenters. The van der Waals surface area contributed by atoms with Crippen LogP contribution < -0.4 is 5.32 Å². The van der Waals surface area contributed by atoms with E-state index in [4.69, 9.17) is 0 Å². The molecule has 2 aliphatic rings. The molecule has 0 radical (unpaired) electrons. The maximum absolute atomic E-state index is 3.44. The monoisotopic (exact) mass is 308 g/mol. The molecule has 1 aromatic rings. The van der Waals surface area contributed by atoms with Crippen LogP contribution in [-0.2, 0) is 0 Å². The van der Waals surface area contributed by atoms with Gasteiger partial charge in [-0.15, -0.1) is 24.8 Å². The van der Waals surface area contributed by atoms with Gasteiger partial charge in [-0.2, -0.15) is 11.3 Å². The van der Waals surface area contributed by atoms with Crippen molar-refractivity contribution in [3.63, 3.8) is 0 Å². The molecule has 2 fully saturated rings. The third-order valence-electron chi connectivity index (χ3n) is 3.77. The van der Waals surface area contributed by atoms with Gasteiger partial charge in [-0.25, -0.2) is 0 Å². The van der Waals surface area contributed by atoms with Crippen molar-refractivity contribution in [1.29, 1.82) is 0 Å². The van der Waals surface area contributed by atoms with Crippen LogP contribution in [0.3, 0.4) is 0 Å². The Hall–Kier alpha value is 0.200. The van der Waals surface area contributed by atoms with E-state index >= 15 is 0 Å². The van der Waals surface area contributed by atoms with Gasteiger partial charge in [0.1, 0.15) is 0 Å². The molecule has 0 aromatic carbocycles. The number of halogens is 2. The molecule has 1 aliphatic carbocycles. The van der Waals surface area contributed by atoms with Crippen molar-refractivity contribution < 1.29 is 0 Å². The summed E-state index contributed by atoms with van der Waals surface area (Å²) in [7, 11) is 0. The number of rotatable bonds is 4. The summed E-state index contributed by atoms with van der Waals surface area (Å²) >= 11 is 1.84. The van der Waals surface area contributed by atoms with Crippen LogP contribution in [0.2, 0.25) is 0 Å². The molecule has 1 saturated heterocycles. The summed E-state index contributed by atoms with van der Waals surface area (Å²) in [6.45, 7) is 4.75. The van der Waals surface area contributed by atoms with Crippen molar-refractivity contribution >= 4 is 36.2 Å². The summed E-state index contributed by atoms with van der Waals surface area (Å²) in [6, 6.07) is 3.01. The first-order valence-corrected chi connectivity index (χ1v) is 7.34. The second-order valence-corrected chi connectivity index (χ2v) is 5.82. The van der Waals surface area contributed by atoms with Crippen LogP contribution in [0.4, 0.5) is 0 Å². The summed E-state index contributed by atoms with van der Waals surface area (Å²) in [5.41, 5.74) is 1.55. The Morgan fingerprint density at radius 1 is 1.28 bits per heavy atom. The smallest absolute Gasteiger partial charge is 0.0360 e. The van der Waals surface area contributed by atoms with E-state index in [0.717, 1.165) is 19.0 Å². The van der Waals surface area contributed by atoms with Gasteiger partial charge in [-0.05, 0) is 34.7 Å². The van der Waals surface area contributed by atoms with Crippen molar-refractivity contribution in [2.75, 3.05) is 26.2 Å². The average molecular weight is 309 g/mol. The summed E-state index contributed by atoms with van der Waals surface area (Å²) in [5.74, 6) is 1.01. The van der Waals surface area contributed by atoms with Crippen molar-refractivity contribution in [2.24, 2.45) is 5.92 Å². The van der Waals surface area contributed by atoms with E-state index in [0.29, 0.717) is 6.04 Å². The normalized spacial score (nSPS) is 21.8. The largest absolute Gasteiger partial charge is 0.314 e. The van der Waals surface area contributed by atoms with E-state index < -0.39 is 0 Å². The molecule has 0 unspecified atom stereocenters. The van der Waals surface area contributed by atoms with Gasteiger partial charge in [0, 0.05) is 32.2 Å². The summed E-state index contributed by atoms with van der Waals surface area (Å²) in [6.07, 6.45) is 4.32. The number of hydrogen-bond donors (Lipinski definition) is 1. The van der Waals surface area contributed by atoms with Gasteiger partial charge in [-0.3, -0.25) is 4.90 Å². The van der Waals surface area contributed by atoms with Crippen LogP contribution in [0, 0.1) is 5.92 Å². The van der Waals surface area contributed by atoms with Gasteiger partial charge < -0.3 is 5.32 Å². The maximum atomic E-state index is 3.44. The highest BCUT2D eigenvalue weighted by molar-refractivity contribution is 7.07. The lowest BCUT2D eigenvalue weighted by molar-refractivity contribution is 0.161. The van der Waals surface area contributed by atoms with Gasteiger partial charge >= 0.3 is 0 Å². The quantitative estimate of drug-likeness (QED) is 0.918. The average Bonchev–Trinajstić information content (AvgIpc) is 3.00. The van der Waals surface area contributed by atoms with E-state index in [1.54, 1.807) is 5.56 Å². The molecule has 1 N–H and O–H groups in total. The van der Waals surface area contributed by atoms with Crippen LogP contribution in [0.5, 0.6) is 0 Å². The molecule has 1 aliphatic heterocycles. The molecule has 104 valence electrons. The fourth-order valence-corrected chi connectivity index (χ4v) is 3.33. The number of thiophene rings is 1. The molecule has 5 heteroatoms. The van der Waals surface area contributed by atoms with Crippen LogP contribution >= 0.6 is 36.2 Å². The Morgan fingerprint density at radius 2 is 2.00 bits per heavy atom. The first kappa shape index (κ1) is 16.3.